The van der Waals surface area contributed by atoms with E-state index in [9.17, 15) is 0 Å². The van der Waals surface area contributed by atoms with E-state index in [1.165, 1.54) is 0 Å². The van der Waals surface area contributed by atoms with Crippen LogP contribution in [0.1, 0.15) is 5.82 Å². The molecule has 0 aliphatic rings. The van der Waals surface area contributed by atoms with Crippen LogP contribution in [0.3, 0.4) is 0 Å². The molecule has 0 amide bonds. The molecule has 0 spiro atoms. The number of ether oxygens (including phenoxy) is 2. The second-order valence-electron chi connectivity index (χ2n) is 5.36. The van der Waals surface area contributed by atoms with Crippen molar-refractivity contribution in [3.05, 3.63) is 54.4 Å². The molecule has 8 heteroatoms. The number of nitrogens with one attached hydrogen (secondary N) is 2. The van der Waals surface area contributed by atoms with E-state index in [-0.39, 0.29) is 12.5 Å². The average molecular weight is 352 g/mol. The van der Waals surface area contributed by atoms with Gasteiger partial charge in [-0.3, -0.25) is 5.10 Å². The summed E-state index contributed by atoms with van der Waals surface area (Å²) in [4.78, 5) is 8.70. The maximum absolute atomic E-state index is 5.93. The fourth-order valence-electron chi connectivity index (χ4n) is 2.32. The highest BCUT2D eigenvalue weighted by Crippen LogP contribution is 2.22. The summed E-state index contributed by atoms with van der Waals surface area (Å²) in [6, 6.07) is 15.0. The largest absolute Gasteiger partial charge is 0.497 e. The molecule has 0 radical (unpaired) electrons. The zero-order valence-electron chi connectivity index (χ0n) is 14.6. The lowest BCUT2D eigenvalue weighted by Gasteiger charge is -2.09. The van der Waals surface area contributed by atoms with Crippen molar-refractivity contribution < 1.29 is 9.47 Å². The Balaban J connectivity index is 1.65. The first-order chi connectivity index (χ1) is 12.7. The number of anilines is 1. The number of rotatable bonds is 6. The summed E-state index contributed by atoms with van der Waals surface area (Å²) in [5, 5.41) is 10.1. The van der Waals surface area contributed by atoms with E-state index in [0.717, 1.165) is 17.0 Å². The Bertz CT molecular complexity index is 889. The molecule has 26 heavy (non-hydrogen) atoms. The lowest BCUT2D eigenvalue weighted by Crippen LogP contribution is -2.23. The molecule has 3 aromatic rings. The zero-order valence-corrected chi connectivity index (χ0v) is 14.6. The van der Waals surface area contributed by atoms with Gasteiger partial charge < -0.3 is 20.5 Å². The molecule has 4 N–H and O–H groups in total. The van der Waals surface area contributed by atoms with E-state index < -0.39 is 0 Å². The Kier molecular flexibility index (Phi) is 5.33. The summed E-state index contributed by atoms with van der Waals surface area (Å²) in [7, 11) is 3.23. The minimum absolute atomic E-state index is 0.261. The van der Waals surface area contributed by atoms with Gasteiger partial charge in [-0.15, -0.1) is 0 Å². The van der Waals surface area contributed by atoms with Crippen LogP contribution in [0.4, 0.5) is 5.69 Å². The van der Waals surface area contributed by atoms with Gasteiger partial charge in [0, 0.05) is 5.56 Å². The van der Waals surface area contributed by atoms with Crippen molar-refractivity contribution in [3.63, 3.8) is 0 Å². The zero-order chi connectivity index (χ0) is 18.4. The summed E-state index contributed by atoms with van der Waals surface area (Å²) in [6.45, 7) is 0.275. The van der Waals surface area contributed by atoms with Gasteiger partial charge in [0.15, 0.2) is 11.8 Å². The number of hydrogen-bond acceptors (Lipinski definition) is 5. The molecule has 0 fully saturated rings. The third-order valence-corrected chi connectivity index (χ3v) is 3.65. The van der Waals surface area contributed by atoms with Gasteiger partial charge in [0.25, 0.3) is 0 Å². The maximum atomic E-state index is 5.93. The second-order valence-corrected chi connectivity index (χ2v) is 5.36. The van der Waals surface area contributed by atoms with Gasteiger partial charge in [0.05, 0.1) is 19.9 Å². The van der Waals surface area contributed by atoms with Crippen molar-refractivity contribution in [1.82, 2.24) is 15.2 Å². The van der Waals surface area contributed by atoms with E-state index in [1.54, 1.807) is 14.2 Å². The van der Waals surface area contributed by atoms with Crippen LogP contribution in [0.2, 0.25) is 0 Å². The standard InChI is InChI=1S/C18H20N6O2/c1-25-13-9-7-12(8-10-13)17-22-16(23-24-17)11-20-18(19)21-14-5-3-4-6-15(14)26-2/h3-10H,11H2,1-2H3,(H3,19,20,21)(H,22,23,24). The van der Waals surface area contributed by atoms with E-state index in [2.05, 4.69) is 25.5 Å². The van der Waals surface area contributed by atoms with Crippen molar-refractivity contribution in [2.75, 3.05) is 19.5 Å². The van der Waals surface area contributed by atoms with E-state index in [1.807, 2.05) is 48.5 Å². The van der Waals surface area contributed by atoms with Crippen molar-refractivity contribution in [1.29, 1.82) is 0 Å². The maximum Gasteiger partial charge on any atom is 0.193 e. The Hall–Kier alpha value is -3.55. The number of H-pyrrole nitrogens is 1. The molecule has 0 aliphatic heterocycles. The molecule has 1 heterocycles. The number of aromatic amines is 1. The molecule has 8 nitrogen and oxygen atoms in total. The molecule has 0 saturated carbocycles. The number of para-hydroxylation sites is 2. The van der Waals surface area contributed by atoms with Gasteiger partial charge in [0.1, 0.15) is 23.9 Å². The van der Waals surface area contributed by atoms with Gasteiger partial charge in [-0.1, -0.05) is 12.1 Å². The van der Waals surface area contributed by atoms with Crippen LogP contribution in [-0.2, 0) is 6.54 Å². The minimum atomic E-state index is 0.261. The molecule has 1 aromatic heterocycles. The first kappa shape index (κ1) is 17.3. The van der Waals surface area contributed by atoms with Crippen LogP contribution in [0, 0.1) is 0 Å². The van der Waals surface area contributed by atoms with E-state index in [4.69, 9.17) is 15.2 Å². The van der Waals surface area contributed by atoms with Crippen LogP contribution in [0.15, 0.2) is 53.5 Å². The molecule has 3 rings (SSSR count). The van der Waals surface area contributed by atoms with E-state index in [0.29, 0.717) is 17.4 Å². The number of guanidine groups is 1. The minimum Gasteiger partial charge on any atom is -0.497 e. The highest BCUT2D eigenvalue weighted by Gasteiger charge is 2.07. The topological polar surface area (TPSA) is 110 Å². The molecule has 2 aromatic carbocycles. The summed E-state index contributed by atoms with van der Waals surface area (Å²) in [5.74, 6) is 2.93. The van der Waals surface area contributed by atoms with Crippen molar-refractivity contribution in [3.8, 4) is 22.9 Å². The molecule has 0 unspecified atom stereocenters. The van der Waals surface area contributed by atoms with Crippen LogP contribution >= 0.6 is 0 Å². The van der Waals surface area contributed by atoms with Crippen LogP contribution in [-0.4, -0.2) is 35.4 Å². The average Bonchev–Trinajstić information content (AvgIpc) is 3.16. The monoisotopic (exact) mass is 352 g/mol. The predicted octanol–water partition coefficient (Wildman–Crippen LogP) is 2.42. The normalized spacial score (nSPS) is 11.2. The fraction of sp³-hybridized carbons (Fsp3) is 0.167. The molecule has 0 bridgehead atoms. The molecule has 0 aliphatic carbocycles. The third kappa shape index (κ3) is 4.10. The van der Waals surface area contributed by atoms with Gasteiger partial charge >= 0.3 is 0 Å². The van der Waals surface area contributed by atoms with Gasteiger partial charge in [-0.25, -0.2) is 9.98 Å². The predicted molar refractivity (Wildman–Crippen MR) is 100 cm³/mol. The van der Waals surface area contributed by atoms with E-state index >= 15 is 0 Å². The van der Waals surface area contributed by atoms with Crippen molar-refractivity contribution in [2.24, 2.45) is 10.7 Å². The molecular weight excluding hydrogens is 332 g/mol. The summed E-state index contributed by atoms with van der Waals surface area (Å²) in [6.07, 6.45) is 0. The van der Waals surface area contributed by atoms with Gasteiger partial charge in [-0.2, -0.15) is 5.10 Å². The third-order valence-electron chi connectivity index (χ3n) is 3.65. The lowest BCUT2D eigenvalue weighted by atomic mass is 10.2. The van der Waals surface area contributed by atoms with Crippen molar-refractivity contribution in [2.45, 2.75) is 6.54 Å². The van der Waals surface area contributed by atoms with Gasteiger partial charge in [-0.05, 0) is 36.4 Å². The number of aromatic nitrogens is 3. The SMILES string of the molecule is COc1ccc(-c2n[nH]c(CN=C(N)Nc3ccccc3OC)n2)cc1. The number of nitrogens with zero attached hydrogens (tertiary/aromatic N) is 3. The van der Waals surface area contributed by atoms with Gasteiger partial charge in [0.2, 0.25) is 0 Å². The Morgan fingerprint density at radius 2 is 1.88 bits per heavy atom. The van der Waals surface area contributed by atoms with Crippen LogP contribution < -0.4 is 20.5 Å². The lowest BCUT2D eigenvalue weighted by molar-refractivity contribution is 0.415. The highest BCUT2D eigenvalue weighted by molar-refractivity contribution is 5.93. The number of hydrogen-bond donors (Lipinski definition) is 3. The fourth-order valence-corrected chi connectivity index (χ4v) is 2.32. The number of methoxy groups -OCH3 is 2. The number of nitrogens with two attached hydrogens (primary N) is 1. The summed E-state index contributed by atoms with van der Waals surface area (Å²) >= 11 is 0. The quantitative estimate of drug-likeness (QED) is 0.464. The first-order valence-corrected chi connectivity index (χ1v) is 7.95. The molecular formula is C18H20N6O2. The Morgan fingerprint density at radius 3 is 2.62 bits per heavy atom. The number of benzene rings is 2. The highest BCUT2D eigenvalue weighted by atomic mass is 16.5. The van der Waals surface area contributed by atoms with Crippen LogP contribution in [0.5, 0.6) is 11.5 Å². The van der Waals surface area contributed by atoms with Crippen molar-refractivity contribution >= 4 is 11.6 Å². The number of aliphatic imine (C=N–C) groups is 1. The smallest absolute Gasteiger partial charge is 0.193 e. The molecule has 0 saturated heterocycles. The summed E-state index contributed by atoms with van der Waals surface area (Å²) < 4.78 is 10.4. The second kappa shape index (κ2) is 8.02. The Labute approximate surface area is 151 Å². The molecule has 0 atom stereocenters. The summed E-state index contributed by atoms with van der Waals surface area (Å²) in [5.41, 5.74) is 7.56. The molecule has 134 valence electrons. The first-order valence-electron chi connectivity index (χ1n) is 7.95. The Morgan fingerprint density at radius 1 is 1.12 bits per heavy atom. The van der Waals surface area contributed by atoms with Crippen LogP contribution in [0.25, 0.3) is 11.4 Å².